The van der Waals surface area contributed by atoms with Crippen LogP contribution in [0.2, 0.25) is 0 Å². The Hall–Kier alpha value is -2.28. The summed E-state index contributed by atoms with van der Waals surface area (Å²) in [6.45, 7) is 5.91. The van der Waals surface area contributed by atoms with Crippen LogP contribution < -0.4 is 14.4 Å². The SMILES string of the molecule is CCN1CC(CN(C)CC(O)COCc2ccccc2OC)Oc2ccccc21. The molecule has 0 aromatic heterocycles. The third kappa shape index (κ3) is 5.85. The van der Waals surface area contributed by atoms with Crippen LogP contribution in [-0.4, -0.2) is 69.2 Å². The van der Waals surface area contributed by atoms with Gasteiger partial charge in [-0.25, -0.2) is 0 Å². The van der Waals surface area contributed by atoms with Crippen LogP contribution in [0.1, 0.15) is 12.5 Å². The Bertz CT molecular complexity index is 770. The van der Waals surface area contributed by atoms with Gasteiger partial charge in [0, 0.05) is 25.2 Å². The molecule has 1 aliphatic rings. The molecule has 2 unspecified atom stereocenters. The predicted octanol–water partition coefficient (Wildman–Crippen LogP) is 2.79. The number of anilines is 1. The molecule has 1 N–H and O–H groups in total. The van der Waals surface area contributed by atoms with E-state index in [-0.39, 0.29) is 12.7 Å². The van der Waals surface area contributed by atoms with Gasteiger partial charge in [0.25, 0.3) is 0 Å². The number of hydrogen-bond acceptors (Lipinski definition) is 6. The molecule has 29 heavy (non-hydrogen) atoms. The molecule has 0 saturated carbocycles. The van der Waals surface area contributed by atoms with Gasteiger partial charge in [-0.3, -0.25) is 4.90 Å². The highest BCUT2D eigenvalue weighted by molar-refractivity contribution is 5.60. The summed E-state index contributed by atoms with van der Waals surface area (Å²) < 4.78 is 17.2. The van der Waals surface area contributed by atoms with Gasteiger partial charge < -0.3 is 24.2 Å². The number of ether oxygens (including phenoxy) is 3. The van der Waals surface area contributed by atoms with Crippen LogP contribution >= 0.6 is 0 Å². The predicted molar refractivity (Wildman–Crippen MR) is 115 cm³/mol. The number of para-hydroxylation sites is 3. The summed E-state index contributed by atoms with van der Waals surface area (Å²) in [4.78, 5) is 4.44. The number of benzene rings is 2. The largest absolute Gasteiger partial charge is 0.496 e. The van der Waals surface area contributed by atoms with Gasteiger partial charge in [-0.2, -0.15) is 0 Å². The number of aliphatic hydroxyl groups excluding tert-OH is 1. The van der Waals surface area contributed by atoms with E-state index in [1.165, 1.54) is 0 Å². The fourth-order valence-electron chi connectivity index (χ4n) is 3.74. The van der Waals surface area contributed by atoms with Crippen LogP contribution in [0.25, 0.3) is 0 Å². The van der Waals surface area contributed by atoms with E-state index in [4.69, 9.17) is 14.2 Å². The maximum atomic E-state index is 10.4. The number of aliphatic hydroxyl groups is 1. The first-order chi connectivity index (χ1) is 14.1. The van der Waals surface area contributed by atoms with Crippen molar-refractivity contribution < 1.29 is 19.3 Å². The van der Waals surface area contributed by atoms with Gasteiger partial charge >= 0.3 is 0 Å². The second kappa shape index (κ2) is 10.5. The minimum atomic E-state index is -0.562. The fourth-order valence-corrected chi connectivity index (χ4v) is 3.74. The number of methoxy groups -OCH3 is 1. The van der Waals surface area contributed by atoms with Crippen molar-refractivity contribution in [3.8, 4) is 11.5 Å². The van der Waals surface area contributed by atoms with Gasteiger partial charge in [-0.05, 0) is 32.2 Å². The molecule has 1 aliphatic heterocycles. The van der Waals surface area contributed by atoms with E-state index in [0.717, 1.165) is 42.4 Å². The van der Waals surface area contributed by atoms with Crippen LogP contribution in [-0.2, 0) is 11.3 Å². The maximum absolute atomic E-state index is 10.4. The lowest BCUT2D eigenvalue weighted by molar-refractivity contribution is 0.00821. The van der Waals surface area contributed by atoms with Crippen molar-refractivity contribution in [3.63, 3.8) is 0 Å². The van der Waals surface area contributed by atoms with Gasteiger partial charge in [-0.1, -0.05) is 30.3 Å². The standard InChI is InChI=1S/C23H32N2O4/c1-4-25-15-20(29-23-12-8-6-10-21(23)25)14-24(2)13-19(26)17-28-16-18-9-5-7-11-22(18)27-3/h5-12,19-20,26H,4,13-17H2,1-3H3. The molecule has 0 radical (unpaired) electrons. The second-order valence-corrected chi connectivity index (χ2v) is 7.45. The lowest BCUT2D eigenvalue weighted by Crippen LogP contribution is -2.47. The lowest BCUT2D eigenvalue weighted by Gasteiger charge is -2.37. The number of nitrogens with zero attached hydrogens (tertiary/aromatic N) is 2. The van der Waals surface area contributed by atoms with Crippen molar-refractivity contribution in [2.45, 2.75) is 25.7 Å². The first kappa shape index (κ1) is 21.4. The van der Waals surface area contributed by atoms with Crippen molar-refractivity contribution in [2.75, 3.05) is 51.8 Å². The Morgan fingerprint density at radius 1 is 1.21 bits per heavy atom. The van der Waals surface area contributed by atoms with Crippen molar-refractivity contribution in [3.05, 3.63) is 54.1 Å². The fraction of sp³-hybridized carbons (Fsp3) is 0.478. The molecule has 0 spiro atoms. The minimum Gasteiger partial charge on any atom is -0.496 e. The van der Waals surface area contributed by atoms with Gasteiger partial charge in [0.2, 0.25) is 0 Å². The molecule has 0 fully saturated rings. The summed E-state index contributed by atoms with van der Waals surface area (Å²) in [5.41, 5.74) is 2.13. The Morgan fingerprint density at radius 3 is 2.76 bits per heavy atom. The molecule has 3 rings (SSSR count). The van der Waals surface area contributed by atoms with Crippen LogP contribution in [0.4, 0.5) is 5.69 Å². The van der Waals surface area contributed by atoms with Crippen molar-refractivity contribution in [1.82, 2.24) is 4.90 Å². The molecule has 0 aliphatic carbocycles. The molecular formula is C23H32N2O4. The Morgan fingerprint density at radius 2 is 1.97 bits per heavy atom. The van der Waals surface area contributed by atoms with E-state index in [2.05, 4.69) is 22.8 Å². The van der Waals surface area contributed by atoms with E-state index in [0.29, 0.717) is 13.2 Å². The van der Waals surface area contributed by atoms with E-state index in [1.54, 1.807) is 7.11 Å². The number of rotatable bonds is 10. The van der Waals surface area contributed by atoms with Crippen LogP contribution in [0.5, 0.6) is 11.5 Å². The van der Waals surface area contributed by atoms with E-state index >= 15 is 0 Å². The molecular weight excluding hydrogens is 368 g/mol. The molecule has 158 valence electrons. The molecule has 2 aromatic rings. The molecule has 0 bridgehead atoms. The smallest absolute Gasteiger partial charge is 0.143 e. The zero-order chi connectivity index (χ0) is 20.6. The summed E-state index contributed by atoms with van der Waals surface area (Å²) in [6.07, 6.45) is -0.496. The van der Waals surface area contributed by atoms with E-state index in [1.807, 2.05) is 49.5 Å². The van der Waals surface area contributed by atoms with Crippen LogP contribution in [0.3, 0.4) is 0 Å². The zero-order valence-corrected chi connectivity index (χ0v) is 17.6. The van der Waals surface area contributed by atoms with E-state index < -0.39 is 6.10 Å². The first-order valence-electron chi connectivity index (χ1n) is 10.2. The molecule has 2 atom stereocenters. The van der Waals surface area contributed by atoms with Gasteiger partial charge in [-0.15, -0.1) is 0 Å². The van der Waals surface area contributed by atoms with Gasteiger partial charge in [0.05, 0.1) is 38.7 Å². The molecule has 0 saturated heterocycles. The molecule has 6 heteroatoms. The van der Waals surface area contributed by atoms with Gasteiger partial charge in [0.15, 0.2) is 0 Å². The number of fused-ring (bicyclic) bond motifs is 1. The van der Waals surface area contributed by atoms with E-state index in [9.17, 15) is 5.11 Å². The highest BCUT2D eigenvalue weighted by Crippen LogP contribution is 2.32. The Kier molecular flexibility index (Phi) is 7.75. The number of likely N-dealkylation sites (N-methyl/N-ethyl adjacent to an activating group) is 2. The average molecular weight is 401 g/mol. The molecule has 0 amide bonds. The topological polar surface area (TPSA) is 54.4 Å². The third-order valence-electron chi connectivity index (χ3n) is 5.10. The average Bonchev–Trinajstić information content (AvgIpc) is 2.73. The van der Waals surface area contributed by atoms with Crippen molar-refractivity contribution in [2.24, 2.45) is 0 Å². The second-order valence-electron chi connectivity index (χ2n) is 7.45. The number of hydrogen-bond donors (Lipinski definition) is 1. The summed E-state index contributed by atoms with van der Waals surface area (Å²) in [6, 6.07) is 15.9. The highest BCUT2D eigenvalue weighted by Gasteiger charge is 2.25. The minimum absolute atomic E-state index is 0.0662. The Labute approximate surface area is 173 Å². The molecule has 2 aromatic carbocycles. The zero-order valence-electron chi connectivity index (χ0n) is 17.6. The quantitative estimate of drug-likeness (QED) is 0.662. The highest BCUT2D eigenvalue weighted by atomic mass is 16.5. The molecule has 1 heterocycles. The lowest BCUT2D eigenvalue weighted by atomic mass is 10.1. The first-order valence-corrected chi connectivity index (χ1v) is 10.2. The summed E-state index contributed by atoms with van der Waals surface area (Å²) in [5.74, 6) is 1.73. The Balaban J connectivity index is 1.44. The third-order valence-corrected chi connectivity index (χ3v) is 5.10. The summed E-state index contributed by atoms with van der Waals surface area (Å²) in [5, 5.41) is 10.4. The monoisotopic (exact) mass is 400 g/mol. The summed E-state index contributed by atoms with van der Waals surface area (Å²) in [7, 11) is 3.65. The van der Waals surface area contributed by atoms with Gasteiger partial charge in [0.1, 0.15) is 17.6 Å². The van der Waals surface area contributed by atoms with Crippen molar-refractivity contribution in [1.29, 1.82) is 0 Å². The maximum Gasteiger partial charge on any atom is 0.143 e. The van der Waals surface area contributed by atoms with Crippen LogP contribution in [0, 0.1) is 0 Å². The molecule has 6 nitrogen and oxygen atoms in total. The van der Waals surface area contributed by atoms with Crippen LogP contribution in [0.15, 0.2) is 48.5 Å². The normalized spacial score (nSPS) is 17.0. The summed E-state index contributed by atoms with van der Waals surface area (Å²) >= 11 is 0. The van der Waals surface area contributed by atoms with Crippen molar-refractivity contribution >= 4 is 5.69 Å².